The molecule has 1 saturated heterocycles. The second kappa shape index (κ2) is 11.4. The molecule has 1 aliphatic rings. The van der Waals surface area contributed by atoms with Crippen molar-refractivity contribution in [1.82, 2.24) is 15.5 Å². The first-order valence-electron chi connectivity index (χ1n) is 9.73. The van der Waals surface area contributed by atoms with Crippen molar-refractivity contribution in [1.29, 1.82) is 0 Å². The molecule has 0 aliphatic carbocycles. The standard InChI is InChI=1S/C20H33FN4S/c1-4-22-20(23-11-14-26-19-8-6-5-7-18(19)21)24-17-9-12-25(13-10-17)15-16(2)3/h5-8,16-17H,4,9-15H2,1-3H3,(H2,22,23,24). The lowest BCUT2D eigenvalue weighted by atomic mass is 10.0. The monoisotopic (exact) mass is 380 g/mol. The predicted molar refractivity (Wildman–Crippen MR) is 111 cm³/mol. The average molecular weight is 381 g/mol. The number of guanidine groups is 1. The molecule has 0 spiro atoms. The Balaban J connectivity index is 1.75. The number of benzene rings is 1. The number of nitrogens with zero attached hydrogens (tertiary/aromatic N) is 2. The zero-order chi connectivity index (χ0) is 18.8. The fraction of sp³-hybridized carbons (Fsp3) is 0.650. The van der Waals surface area contributed by atoms with E-state index in [2.05, 4.69) is 41.3 Å². The van der Waals surface area contributed by atoms with Crippen molar-refractivity contribution >= 4 is 17.7 Å². The van der Waals surface area contributed by atoms with E-state index in [-0.39, 0.29) is 5.82 Å². The van der Waals surface area contributed by atoms with Crippen molar-refractivity contribution in [2.75, 3.05) is 38.5 Å². The van der Waals surface area contributed by atoms with E-state index in [0.717, 1.165) is 50.1 Å². The van der Waals surface area contributed by atoms with Crippen LogP contribution >= 0.6 is 11.8 Å². The summed E-state index contributed by atoms with van der Waals surface area (Å²) in [5, 5.41) is 6.90. The van der Waals surface area contributed by atoms with Crippen molar-refractivity contribution < 1.29 is 4.39 Å². The Hall–Kier alpha value is -1.27. The van der Waals surface area contributed by atoms with Crippen LogP contribution in [-0.4, -0.2) is 55.4 Å². The van der Waals surface area contributed by atoms with Crippen molar-refractivity contribution in [3.63, 3.8) is 0 Å². The SMILES string of the molecule is CCNC(=NCCSc1ccccc1F)NC1CCN(CC(C)C)CC1. The summed E-state index contributed by atoms with van der Waals surface area (Å²) in [6.45, 7) is 11.6. The van der Waals surface area contributed by atoms with Gasteiger partial charge in [-0.15, -0.1) is 11.8 Å². The molecule has 0 bridgehead atoms. The lowest BCUT2D eigenvalue weighted by Crippen LogP contribution is -2.49. The van der Waals surface area contributed by atoms with Crippen LogP contribution in [0.3, 0.4) is 0 Å². The molecular formula is C20H33FN4S. The van der Waals surface area contributed by atoms with Crippen molar-refractivity contribution in [2.45, 2.75) is 44.6 Å². The van der Waals surface area contributed by atoms with Gasteiger partial charge < -0.3 is 15.5 Å². The van der Waals surface area contributed by atoms with Crippen LogP contribution in [0.5, 0.6) is 0 Å². The molecule has 0 unspecified atom stereocenters. The quantitative estimate of drug-likeness (QED) is 0.313. The summed E-state index contributed by atoms with van der Waals surface area (Å²) in [6, 6.07) is 7.39. The van der Waals surface area contributed by atoms with Gasteiger partial charge in [-0.1, -0.05) is 26.0 Å². The Bertz CT molecular complexity index is 556. The van der Waals surface area contributed by atoms with Crippen molar-refractivity contribution in [3.8, 4) is 0 Å². The first kappa shape index (κ1) is 21.0. The lowest BCUT2D eigenvalue weighted by Gasteiger charge is -2.34. The third-order valence-electron chi connectivity index (χ3n) is 4.35. The predicted octanol–water partition coefficient (Wildman–Crippen LogP) is 3.59. The van der Waals surface area contributed by atoms with E-state index in [1.54, 1.807) is 6.07 Å². The maximum Gasteiger partial charge on any atom is 0.191 e. The first-order valence-corrected chi connectivity index (χ1v) is 10.7. The second-order valence-electron chi connectivity index (χ2n) is 7.15. The van der Waals surface area contributed by atoms with E-state index in [4.69, 9.17) is 0 Å². The number of thioether (sulfide) groups is 1. The summed E-state index contributed by atoms with van der Waals surface area (Å²) >= 11 is 1.51. The van der Waals surface area contributed by atoms with E-state index < -0.39 is 0 Å². The van der Waals surface area contributed by atoms with Crippen molar-refractivity contribution in [3.05, 3.63) is 30.1 Å². The summed E-state index contributed by atoms with van der Waals surface area (Å²) in [6.07, 6.45) is 2.31. The molecule has 6 heteroatoms. The van der Waals surface area contributed by atoms with Crippen LogP contribution < -0.4 is 10.6 Å². The molecule has 2 N–H and O–H groups in total. The number of likely N-dealkylation sites (tertiary alicyclic amines) is 1. The number of nitrogens with one attached hydrogen (secondary N) is 2. The highest BCUT2D eigenvalue weighted by molar-refractivity contribution is 7.99. The number of piperidine rings is 1. The van der Waals surface area contributed by atoms with Crippen LogP contribution in [-0.2, 0) is 0 Å². The van der Waals surface area contributed by atoms with Gasteiger partial charge in [0, 0.05) is 42.9 Å². The van der Waals surface area contributed by atoms with Crippen LogP contribution in [0, 0.1) is 11.7 Å². The van der Waals surface area contributed by atoms with Crippen molar-refractivity contribution in [2.24, 2.45) is 10.9 Å². The second-order valence-corrected chi connectivity index (χ2v) is 8.29. The Labute approximate surface area is 162 Å². The third kappa shape index (κ3) is 7.54. The highest BCUT2D eigenvalue weighted by Crippen LogP contribution is 2.20. The van der Waals surface area contributed by atoms with Crippen LogP contribution in [0.25, 0.3) is 0 Å². The highest BCUT2D eigenvalue weighted by Gasteiger charge is 2.20. The van der Waals surface area contributed by atoms with E-state index in [9.17, 15) is 4.39 Å². The lowest BCUT2D eigenvalue weighted by molar-refractivity contribution is 0.187. The molecule has 26 heavy (non-hydrogen) atoms. The summed E-state index contributed by atoms with van der Waals surface area (Å²) in [5.41, 5.74) is 0. The maximum absolute atomic E-state index is 13.6. The number of rotatable bonds is 8. The van der Waals surface area contributed by atoms with E-state index in [0.29, 0.717) is 17.5 Å². The summed E-state index contributed by atoms with van der Waals surface area (Å²) in [5.74, 6) is 2.22. The van der Waals surface area contributed by atoms with Gasteiger partial charge in [-0.2, -0.15) is 0 Å². The summed E-state index contributed by atoms with van der Waals surface area (Å²) < 4.78 is 13.6. The van der Waals surface area contributed by atoms with E-state index in [1.807, 2.05) is 12.1 Å². The first-order chi connectivity index (χ1) is 12.6. The molecule has 0 saturated carbocycles. The minimum absolute atomic E-state index is 0.153. The van der Waals surface area contributed by atoms with Gasteiger partial charge in [0.15, 0.2) is 5.96 Å². The molecule has 1 aromatic rings. The zero-order valence-electron chi connectivity index (χ0n) is 16.3. The molecule has 1 aromatic carbocycles. The molecule has 1 fully saturated rings. The summed E-state index contributed by atoms with van der Waals surface area (Å²) in [7, 11) is 0. The number of hydrogen-bond donors (Lipinski definition) is 2. The fourth-order valence-electron chi connectivity index (χ4n) is 3.16. The van der Waals surface area contributed by atoms with Crippen LogP contribution in [0.15, 0.2) is 34.2 Å². The number of aliphatic imine (C=N–C) groups is 1. The van der Waals surface area contributed by atoms with Crippen LogP contribution in [0.2, 0.25) is 0 Å². The number of halogens is 1. The van der Waals surface area contributed by atoms with Crippen LogP contribution in [0.4, 0.5) is 4.39 Å². The Morgan fingerprint density at radius 3 is 2.69 bits per heavy atom. The molecule has 1 heterocycles. The van der Waals surface area contributed by atoms with Crippen LogP contribution in [0.1, 0.15) is 33.6 Å². The average Bonchev–Trinajstić information content (AvgIpc) is 2.61. The molecule has 0 atom stereocenters. The Morgan fingerprint density at radius 1 is 1.31 bits per heavy atom. The molecular weight excluding hydrogens is 347 g/mol. The smallest absolute Gasteiger partial charge is 0.191 e. The van der Waals surface area contributed by atoms with Gasteiger partial charge in [0.05, 0.1) is 6.54 Å². The minimum Gasteiger partial charge on any atom is -0.357 e. The fourth-order valence-corrected chi connectivity index (χ4v) is 3.95. The Kier molecular flexibility index (Phi) is 9.26. The molecule has 146 valence electrons. The van der Waals surface area contributed by atoms with E-state index in [1.165, 1.54) is 24.4 Å². The maximum atomic E-state index is 13.6. The normalized spacial score (nSPS) is 16.9. The van der Waals surface area contributed by atoms with Gasteiger partial charge in [-0.05, 0) is 37.8 Å². The van der Waals surface area contributed by atoms with Gasteiger partial charge in [-0.3, -0.25) is 4.99 Å². The van der Waals surface area contributed by atoms with Gasteiger partial charge in [0.25, 0.3) is 0 Å². The van der Waals surface area contributed by atoms with Gasteiger partial charge >= 0.3 is 0 Å². The van der Waals surface area contributed by atoms with Gasteiger partial charge in [0.2, 0.25) is 0 Å². The molecule has 0 amide bonds. The number of hydrogen-bond acceptors (Lipinski definition) is 3. The van der Waals surface area contributed by atoms with Gasteiger partial charge in [-0.25, -0.2) is 4.39 Å². The van der Waals surface area contributed by atoms with E-state index >= 15 is 0 Å². The molecule has 0 radical (unpaired) electrons. The third-order valence-corrected chi connectivity index (χ3v) is 5.38. The topological polar surface area (TPSA) is 39.7 Å². The minimum atomic E-state index is -0.153. The van der Waals surface area contributed by atoms with Gasteiger partial charge in [0.1, 0.15) is 5.82 Å². The molecule has 0 aromatic heterocycles. The molecule has 1 aliphatic heterocycles. The molecule has 2 rings (SSSR count). The molecule has 4 nitrogen and oxygen atoms in total. The highest BCUT2D eigenvalue weighted by atomic mass is 32.2. The zero-order valence-corrected chi connectivity index (χ0v) is 17.1. The Morgan fingerprint density at radius 2 is 2.04 bits per heavy atom. The summed E-state index contributed by atoms with van der Waals surface area (Å²) in [4.78, 5) is 7.90. The largest absolute Gasteiger partial charge is 0.357 e.